The molecule has 2 saturated heterocycles. The van der Waals surface area contributed by atoms with Crippen molar-refractivity contribution in [1.29, 1.82) is 0 Å². The zero-order valence-corrected chi connectivity index (χ0v) is 21.6. The number of amides is 4. The van der Waals surface area contributed by atoms with Crippen LogP contribution in [0.4, 0.5) is 4.79 Å². The van der Waals surface area contributed by atoms with Crippen molar-refractivity contribution in [2.45, 2.75) is 64.3 Å². The van der Waals surface area contributed by atoms with E-state index in [2.05, 4.69) is 16.0 Å². The number of likely N-dealkylation sites (tertiary alicyclic amines) is 1. The van der Waals surface area contributed by atoms with Crippen LogP contribution in [0.25, 0.3) is 0 Å². The second-order valence-electron chi connectivity index (χ2n) is 10.2. The van der Waals surface area contributed by atoms with Crippen molar-refractivity contribution in [1.82, 2.24) is 20.9 Å². The zero-order valence-electron chi connectivity index (χ0n) is 20.9. The summed E-state index contributed by atoms with van der Waals surface area (Å²) in [6.45, 7) is 5.93. The molecular formula is C25H35ClN4O6. The first-order chi connectivity index (χ1) is 17.0. The minimum Gasteiger partial charge on any atom is -0.445 e. The maximum atomic E-state index is 13.0. The molecule has 2 fully saturated rings. The van der Waals surface area contributed by atoms with Crippen LogP contribution in [0.5, 0.6) is 0 Å². The highest BCUT2D eigenvalue weighted by atomic mass is 35.5. The Labute approximate surface area is 216 Å². The molecule has 3 atom stereocenters. The number of ether oxygens (including phenoxy) is 1. The first kappa shape index (κ1) is 27.7. The number of benzene rings is 1. The molecular weight excluding hydrogens is 488 g/mol. The van der Waals surface area contributed by atoms with Gasteiger partial charge in [0.2, 0.25) is 17.7 Å². The van der Waals surface area contributed by atoms with Crippen molar-refractivity contribution < 1.29 is 29.0 Å². The summed E-state index contributed by atoms with van der Waals surface area (Å²) in [6.07, 6.45) is 0.410. The van der Waals surface area contributed by atoms with Crippen LogP contribution in [-0.4, -0.2) is 71.1 Å². The third-order valence-corrected chi connectivity index (χ3v) is 6.77. The maximum Gasteiger partial charge on any atom is 0.408 e. The Morgan fingerprint density at radius 2 is 2.00 bits per heavy atom. The normalized spacial score (nSPS) is 19.9. The van der Waals surface area contributed by atoms with Gasteiger partial charge in [-0.25, -0.2) is 4.79 Å². The van der Waals surface area contributed by atoms with Crippen molar-refractivity contribution in [3.8, 4) is 0 Å². The molecule has 2 unspecified atom stereocenters. The molecule has 0 bridgehead atoms. The minimum absolute atomic E-state index is 0.00126. The Balaban J connectivity index is 1.53. The van der Waals surface area contributed by atoms with Gasteiger partial charge in [0.05, 0.1) is 18.2 Å². The molecule has 11 heteroatoms. The zero-order chi connectivity index (χ0) is 26.5. The predicted molar refractivity (Wildman–Crippen MR) is 133 cm³/mol. The topological polar surface area (TPSA) is 137 Å². The summed E-state index contributed by atoms with van der Waals surface area (Å²) < 4.78 is 5.25. The fourth-order valence-electron chi connectivity index (χ4n) is 4.77. The lowest BCUT2D eigenvalue weighted by molar-refractivity contribution is -0.138. The second kappa shape index (κ2) is 11.9. The van der Waals surface area contributed by atoms with E-state index in [9.17, 15) is 24.3 Å². The van der Waals surface area contributed by atoms with Crippen molar-refractivity contribution in [3.63, 3.8) is 0 Å². The molecule has 198 valence electrons. The first-order valence-corrected chi connectivity index (χ1v) is 12.5. The third-order valence-electron chi connectivity index (χ3n) is 6.54. The van der Waals surface area contributed by atoms with E-state index >= 15 is 0 Å². The van der Waals surface area contributed by atoms with Gasteiger partial charge in [0.15, 0.2) is 0 Å². The number of aliphatic hydroxyl groups excluding tert-OH is 1. The van der Waals surface area contributed by atoms with Gasteiger partial charge < -0.3 is 30.7 Å². The smallest absolute Gasteiger partial charge is 0.408 e. The van der Waals surface area contributed by atoms with Crippen LogP contribution >= 0.6 is 11.6 Å². The van der Waals surface area contributed by atoms with Crippen LogP contribution in [0, 0.1) is 11.8 Å². The maximum absolute atomic E-state index is 13.0. The first-order valence-electron chi connectivity index (χ1n) is 12.2. The average Bonchev–Trinajstić information content (AvgIpc) is 3.11. The highest BCUT2D eigenvalue weighted by Crippen LogP contribution is 2.35. The lowest BCUT2D eigenvalue weighted by Gasteiger charge is -2.47. The fraction of sp³-hybridized carbons (Fsp3) is 0.600. The molecule has 1 aromatic carbocycles. The van der Waals surface area contributed by atoms with Crippen molar-refractivity contribution in [2.24, 2.45) is 11.8 Å². The van der Waals surface area contributed by atoms with Crippen molar-refractivity contribution >= 4 is 35.4 Å². The van der Waals surface area contributed by atoms with Crippen molar-refractivity contribution in [2.75, 3.05) is 19.7 Å². The molecule has 0 radical (unpaired) electrons. The number of nitrogens with one attached hydrogen (secondary N) is 3. The Hall–Kier alpha value is -2.85. The lowest BCUT2D eigenvalue weighted by Crippen LogP contribution is -2.68. The molecule has 4 N–H and O–H groups in total. The van der Waals surface area contributed by atoms with E-state index in [4.69, 9.17) is 16.3 Å². The highest BCUT2D eigenvalue weighted by molar-refractivity contribution is 6.30. The summed E-state index contributed by atoms with van der Waals surface area (Å²) in [4.78, 5) is 51.1. The summed E-state index contributed by atoms with van der Waals surface area (Å²) >= 11 is 5.95. The van der Waals surface area contributed by atoms with Crippen LogP contribution in [-0.2, 0) is 25.7 Å². The van der Waals surface area contributed by atoms with Gasteiger partial charge in [-0.2, -0.15) is 0 Å². The third kappa shape index (κ3) is 7.33. The molecule has 4 amide bonds. The number of nitrogens with zero attached hydrogens (tertiary/aromatic N) is 1. The van der Waals surface area contributed by atoms with E-state index in [1.165, 1.54) is 6.92 Å². The molecule has 3 rings (SSSR count). The fourth-order valence-corrected chi connectivity index (χ4v) is 4.98. The molecule has 1 spiro atoms. The molecule has 2 heterocycles. The highest BCUT2D eigenvalue weighted by Gasteiger charge is 2.52. The number of aliphatic hydroxyl groups is 1. The summed E-state index contributed by atoms with van der Waals surface area (Å²) in [5.74, 6) is -0.927. The monoisotopic (exact) mass is 522 g/mol. The van der Waals surface area contributed by atoms with Gasteiger partial charge in [-0.15, -0.1) is 0 Å². The van der Waals surface area contributed by atoms with Gasteiger partial charge in [0.1, 0.15) is 12.6 Å². The number of carbonyl (C=O) groups is 4. The molecule has 36 heavy (non-hydrogen) atoms. The van der Waals surface area contributed by atoms with Crippen LogP contribution < -0.4 is 16.0 Å². The summed E-state index contributed by atoms with van der Waals surface area (Å²) in [7, 11) is 0. The van der Waals surface area contributed by atoms with Gasteiger partial charge in [-0.3, -0.25) is 14.4 Å². The van der Waals surface area contributed by atoms with Gasteiger partial charge in [0.25, 0.3) is 0 Å². The van der Waals surface area contributed by atoms with E-state index in [1.807, 2.05) is 13.8 Å². The second-order valence-corrected chi connectivity index (χ2v) is 10.6. The summed E-state index contributed by atoms with van der Waals surface area (Å²) in [5, 5.41) is 18.8. The number of hydrogen-bond donors (Lipinski definition) is 4. The summed E-state index contributed by atoms with van der Waals surface area (Å²) in [5.41, 5.74) is 0.291. The Bertz CT molecular complexity index is 981. The number of hydrogen-bond acceptors (Lipinski definition) is 6. The van der Waals surface area contributed by atoms with E-state index in [0.29, 0.717) is 36.5 Å². The van der Waals surface area contributed by atoms with Gasteiger partial charge in [0, 0.05) is 31.0 Å². The number of alkyl carbamates (subject to hydrolysis) is 1. The Morgan fingerprint density at radius 1 is 1.28 bits per heavy atom. The Morgan fingerprint density at radius 3 is 2.61 bits per heavy atom. The quantitative estimate of drug-likeness (QED) is 0.368. The van der Waals surface area contributed by atoms with Crippen LogP contribution in [0.3, 0.4) is 0 Å². The van der Waals surface area contributed by atoms with E-state index in [0.717, 1.165) is 0 Å². The molecule has 1 aromatic rings. The SMILES string of the molecule is CC(=O)N1CC2(CC(CC(CO)NC(=O)[C@H](CC(C)C)NC(=O)OCc3cccc(Cl)c3)C(=O)N2)C1. The Kier molecular flexibility index (Phi) is 9.19. The molecule has 2 aliphatic heterocycles. The average molecular weight is 523 g/mol. The van der Waals surface area contributed by atoms with E-state index < -0.39 is 35.5 Å². The van der Waals surface area contributed by atoms with Gasteiger partial charge in [-0.05, 0) is 42.9 Å². The standard InChI is InChI=1S/C25H35ClN4O6/c1-15(2)7-21(28-24(35)36-12-17-5-4-6-19(26)8-17)23(34)27-20(11-31)9-18-10-25(29-22(18)33)13-30(14-25)16(3)32/h4-6,8,15,18,20-21,31H,7,9-14H2,1-3H3,(H,27,34)(H,28,35)(H,29,33)/t18?,20?,21-/m0/s1. The molecule has 0 aromatic heterocycles. The van der Waals surface area contributed by atoms with E-state index in [-0.39, 0.29) is 37.4 Å². The molecule has 10 nitrogen and oxygen atoms in total. The van der Waals surface area contributed by atoms with Crippen LogP contribution in [0.15, 0.2) is 24.3 Å². The van der Waals surface area contributed by atoms with Gasteiger partial charge in [-0.1, -0.05) is 37.6 Å². The van der Waals surface area contributed by atoms with Crippen molar-refractivity contribution in [3.05, 3.63) is 34.9 Å². The largest absolute Gasteiger partial charge is 0.445 e. The van der Waals surface area contributed by atoms with E-state index in [1.54, 1.807) is 29.2 Å². The molecule has 2 aliphatic rings. The van der Waals surface area contributed by atoms with Crippen LogP contribution in [0.2, 0.25) is 5.02 Å². The predicted octanol–water partition coefficient (Wildman–Crippen LogP) is 1.59. The number of rotatable bonds is 10. The summed E-state index contributed by atoms with van der Waals surface area (Å²) in [6, 6.07) is 5.39. The molecule has 0 aliphatic carbocycles. The van der Waals surface area contributed by atoms with Gasteiger partial charge >= 0.3 is 6.09 Å². The molecule has 0 saturated carbocycles. The minimum atomic E-state index is -0.870. The lowest BCUT2D eigenvalue weighted by atomic mass is 9.83. The number of carbonyl (C=O) groups excluding carboxylic acids is 4. The number of halogens is 1. The van der Waals surface area contributed by atoms with Crippen LogP contribution in [0.1, 0.15) is 45.6 Å².